The number of nitrogens with one attached hydrogen (secondary N) is 2. The van der Waals surface area contributed by atoms with E-state index in [9.17, 15) is 9.59 Å². The number of fused-ring (bicyclic) bond motifs is 1. The van der Waals surface area contributed by atoms with Crippen molar-refractivity contribution in [3.8, 4) is 5.75 Å². The number of benzene rings is 2. The maximum absolute atomic E-state index is 13.0. The van der Waals surface area contributed by atoms with Crippen molar-refractivity contribution in [2.75, 3.05) is 17.2 Å². The highest BCUT2D eigenvalue weighted by atomic mass is 35.5. The van der Waals surface area contributed by atoms with Crippen LogP contribution in [-0.2, 0) is 16.2 Å². The molecule has 0 spiro atoms. The summed E-state index contributed by atoms with van der Waals surface area (Å²) in [6, 6.07) is 15.8. The Morgan fingerprint density at radius 3 is 2.76 bits per heavy atom. The molecular formula is C28H25ClN6O3. The fourth-order valence-electron chi connectivity index (χ4n) is 4.35. The zero-order chi connectivity index (χ0) is 26.5. The van der Waals surface area contributed by atoms with Crippen LogP contribution in [0.3, 0.4) is 0 Å². The van der Waals surface area contributed by atoms with Gasteiger partial charge in [0.15, 0.2) is 0 Å². The molecule has 0 saturated carbocycles. The third-order valence-corrected chi connectivity index (χ3v) is 6.51. The molecule has 2 aromatic carbocycles. The topological polar surface area (TPSA) is 109 Å². The van der Waals surface area contributed by atoms with Gasteiger partial charge in [-0.1, -0.05) is 24.2 Å². The standard InChI is InChI=1S/C28H25ClN6O3/c1-2-26(36)35-13-5-7-24(35)28(37)34-18-8-10-23-21(14-18)27(32-17-31-23)33-19-9-11-25(22(29)15-19)38-16-20-6-3-4-12-30-20/h2-4,6,8-12,14-15,17,24H,1,5,7,13,16H2,(H,34,37)(H,31,32,33)/t24-/m1/s1. The van der Waals surface area contributed by atoms with Gasteiger partial charge in [-0.3, -0.25) is 14.6 Å². The largest absolute Gasteiger partial charge is 0.486 e. The highest BCUT2D eigenvalue weighted by molar-refractivity contribution is 6.32. The first-order valence-corrected chi connectivity index (χ1v) is 12.5. The molecule has 1 atom stereocenters. The van der Waals surface area contributed by atoms with Crippen molar-refractivity contribution < 1.29 is 14.3 Å². The van der Waals surface area contributed by atoms with E-state index in [0.717, 1.165) is 12.1 Å². The number of rotatable bonds is 8. The third kappa shape index (κ3) is 5.57. The zero-order valence-corrected chi connectivity index (χ0v) is 21.2. The molecule has 192 valence electrons. The van der Waals surface area contributed by atoms with Crippen LogP contribution >= 0.6 is 11.6 Å². The Balaban J connectivity index is 1.32. The summed E-state index contributed by atoms with van der Waals surface area (Å²) in [7, 11) is 0. The number of anilines is 3. The average Bonchev–Trinajstić information content (AvgIpc) is 3.43. The summed E-state index contributed by atoms with van der Waals surface area (Å²) >= 11 is 6.47. The first kappa shape index (κ1) is 25.2. The Bertz CT molecular complexity index is 1500. The van der Waals surface area contributed by atoms with Crippen molar-refractivity contribution in [2.45, 2.75) is 25.5 Å². The molecule has 2 aromatic heterocycles. The molecule has 1 aliphatic rings. The van der Waals surface area contributed by atoms with Crippen LogP contribution in [0.1, 0.15) is 18.5 Å². The monoisotopic (exact) mass is 528 g/mol. The van der Waals surface area contributed by atoms with Crippen LogP contribution in [0.15, 0.2) is 79.8 Å². The van der Waals surface area contributed by atoms with E-state index in [-0.39, 0.29) is 11.8 Å². The summed E-state index contributed by atoms with van der Waals surface area (Å²) in [4.78, 5) is 39.6. The Morgan fingerprint density at radius 1 is 1.11 bits per heavy atom. The lowest BCUT2D eigenvalue weighted by Gasteiger charge is -2.22. The normalized spacial score (nSPS) is 14.8. The molecule has 0 radical (unpaired) electrons. The molecular weight excluding hydrogens is 504 g/mol. The number of amides is 2. The molecule has 38 heavy (non-hydrogen) atoms. The Hall–Kier alpha value is -4.50. The van der Waals surface area contributed by atoms with E-state index in [4.69, 9.17) is 16.3 Å². The summed E-state index contributed by atoms with van der Waals surface area (Å²) in [6.45, 7) is 4.38. The lowest BCUT2D eigenvalue weighted by Crippen LogP contribution is -2.42. The quantitative estimate of drug-likeness (QED) is 0.306. The van der Waals surface area contributed by atoms with Gasteiger partial charge in [0.25, 0.3) is 0 Å². The van der Waals surface area contributed by atoms with E-state index in [1.807, 2.05) is 24.3 Å². The highest BCUT2D eigenvalue weighted by Crippen LogP contribution is 2.31. The SMILES string of the molecule is C=CC(=O)N1CCC[C@@H]1C(=O)Nc1ccc2ncnc(Nc3ccc(OCc4ccccn4)c(Cl)c3)c2c1. The van der Waals surface area contributed by atoms with Gasteiger partial charge < -0.3 is 20.3 Å². The molecule has 0 unspecified atom stereocenters. The summed E-state index contributed by atoms with van der Waals surface area (Å²) < 4.78 is 5.80. The fraction of sp³-hybridized carbons (Fsp3) is 0.179. The molecule has 3 heterocycles. The molecule has 10 heteroatoms. The van der Waals surface area contributed by atoms with Gasteiger partial charge >= 0.3 is 0 Å². The summed E-state index contributed by atoms with van der Waals surface area (Å²) in [5.74, 6) is 0.606. The van der Waals surface area contributed by atoms with Crippen LogP contribution in [-0.4, -0.2) is 44.3 Å². The van der Waals surface area contributed by atoms with E-state index in [1.165, 1.54) is 12.4 Å². The molecule has 0 aliphatic carbocycles. The number of ether oxygens (including phenoxy) is 1. The van der Waals surface area contributed by atoms with Crippen LogP contribution in [0.25, 0.3) is 10.9 Å². The highest BCUT2D eigenvalue weighted by Gasteiger charge is 2.33. The molecule has 2 amide bonds. The van der Waals surface area contributed by atoms with E-state index in [1.54, 1.807) is 41.4 Å². The van der Waals surface area contributed by atoms with Crippen LogP contribution in [0.2, 0.25) is 5.02 Å². The number of aromatic nitrogens is 3. The van der Waals surface area contributed by atoms with Crippen molar-refractivity contribution in [2.24, 2.45) is 0 Å². The first-order chi connectivity index (χ1) is 18.5. The second-order valence-corrected chi connectivity index (χ2v) is 9.12. The minimum absolute atomic E-state index is 0.239. The number of pyridine rings is 1. The first-order valence-electron chi connectivity index (χ1n) is 12.1. The average molecular weight is 529 g/mol. The van der Waals surface area contributed by atoms with Gasteiger partial charge in [-0.2, -0.15) is 0 Å². The molecule has 2 N–H and O–H groups in total. The van der Waals surface area contributed by atoms with Crippen molar-refractivity contribution in [1.82, 2.24) is 19.9 Å². The number of hydrogen-bond donors (Lipinski definition) is 2. The number of hydrogen-bond acceptors (Lipinski definition) is 7. The third-order valence-electron chi connectivity index (χ3n) is 6.21. The number of carbonyl (C=O) groups excluding carboxylic acids is 2. The maximum atomic E-state index is 13.0. The maximum Gasteiger partial charge on any atom is 0.247 e. The predicted octanol–water partition coefficient (Wildman–Crippen LogP) is 5.12. The Kier molecular flexibility index (Phi) is 7.46. The molecule has 1 saturated heterocycles. The predicted molar refractivity (Wildman–Crippen MR) is 146 cm³/mol. The minimum atomic E-state index is -0.527. The summed E-state index contributed by atoms with van der Waals surface area (Å²) in [6.07, 6.45) is 5.79. The van der Waals surface area contributed by atoms with E-state index >= 15 is 0 Å². The minimum Gasteiger partial charge on any atom is -0.486 e. The number of carbonyl (C=O) groups is 2. The second-order valence-electron chi connectivity index (χ2n) is 8.72. The van der Waals surface area contributed by atoms with Gasteiger partial charge in [-0.05, 0) is 67.4 Å². The fourth-order valence-corrected chi connectivity index (χ4v) is 4.58. The lowest BCUT2D eigenvalue weighted by molar-refractivity contribution is -0.132. The number of nitrogens with zero attached hydrogens (tertiary/aromatic N) is 4. The van der Waals surface area contributed by atoms with Crippen LogP contribution in [0.4, 0.5) is 17.2 Å². The smallest absolute Gasteiger partial charge is 0.247 e. The van der Waals surface area contributed by atoms with Gasteiger partial charge in [-0.25, -0.2) is 9.97 Å². The molecule has 1 aliphatic heterocycles. The Morgan fingerprint density at radius 2 is 1.97 bits per heavy atom. The van der Waals surface area contributed by atoms with Crippen LogP contribution in [0.5, 0.6) is 5.75 Å². The van der Waals surface area contributed by atoms with E-state index in [0.29, 0.717) is 58.4 Å². The van der Waals surface area contributed by atoms with Gasteiger partial charge in [0.2, 0.25) is 11.8 Å². The molecule has 4 aromatic rings. The van der Waals surface area contributed by atoms with Crippen molar-refractivity contribution in [3.05, 3.63) is 90.5 Å². The van der Waals surface area contributed by atoms with Crippen molar-refractivity contribution in [1.29, 1.82) is 0 Å². The second kappa shape index (κ2) is 11.3. The van der Waals surface area contributed by atoms with Gasteiger partial charge in [0.1, 0.15) is 30.5 Å². The molecule has 5 rings (SSSR count). The Labute approximate surface area is 224 Å². The molecule has 1 fully saturated rings. The van der Waals surface area contributed by atoms with E-state index < -0.39 is 6.04 Å². The summed E-state index contributed by atoms with van der Waals surface area (Å²) in [5, 5.41) is 7.35. The van der Waals surface area contributed by atoms with Gasteiger partial charge in [-0.15, -0.1) is 0 Å². The van der Waals surface area contributed by atoms with Crippen molar-refractivity contribution >= 4 is 51.5 Å². The zero-order valence-electron chi connectivity index (χ0n) is 20.4. The molecule has 0 bridgehead atoms. The number of likely N-dealkylation sites (tertiary alicyclic amines) is 1. The van der Waals surface area contributed by atoms with E-state index in [2.05, 4.69) is 32.2 Å². The van der Waals surface area contributed by atoms with Crippen LogP contribution < -0.4 is 15.4 Å². The summed E-state index contributed by atoms with van der Waals surface area (Å²) in [5.41, 5.74) is 2.79. The molecule has 9 nitrogen and oxygen atoms in total. The number of halogens is 1. The lowest BCUT2D eigenvalue weighted by atomic mass is 10.1. The van der Waals surface area contributed by atoms with Gasteiger partial charge in [0.05, 0.1) is 16.2 Å². The van der Waals surface area contributed by atoms with Gasteiger partial charge in [0, 0.05) is 29.5 Å². The van der Waals surface area contributed by atoms with Crippen molar-refractivity contribution in [3.63, 3.8) is 0 Å². The van der Waals surface area contributed by atoms with Crippen LogP contribution in [0, 0.1) is 0 Å².